The van der Waals surface area contributed by atoms with Crippen LogP contribution in [0, 0.1) is 5.92 Å². The van der Waals surface area contributed by atoms with E-state index in [1.807, 2.05) is 0 Å². The maximum Gasteiger partial charge on any atom is 0.134 e. The van der Waals surface area contributed by atoms with Gasteiger partial charge in [0, 0.05) is 24.9 Å². The summed E-state index contributed by atoms with van der Waals surface area (Å²) in [6.07, 6.45) is 3.88. The van der Waals surface area contributed by atoms with Crippen LogP contribution in [0.2, 0.25) is 0 Å². The van der Waals surface area contributed by atoms with Crippen LogP contribution in [0.15, 0.2) is 0 Å². The van der Waals surface area contributed by atoms with E-state index >= 15 is 0 Å². The smallest absolute Gasteiger partial charge is 0.134 e. The first-order valence-corrected chi connectivity index (χ1v) is 5.79. The normalized spacial score (nSPS) is 28.9. The quantitative estimate of drug-likeness (QED) is 0.692. The third kappa shape index (κ3) is 2.57. The maximum absolute atomic E-state index is 11.4. The van der Waals surface area contributed by atoms with Gasteiger partial charge in [-0.15, -0.1) is 0 Å². The van der Waals surface area contributed by atoms with Crippen LogP contribution < -0.4 is 0 Å². The standard InChI is InChI=1S/C12H23NO/c1-5-10-6-7-11(14)8-12(10)13(4)9(2)3/h9-10,12H,5-8H2,1-4H3. The predicted octanol–water partition coefficient (Wildman–Crippen LogP) is 2.47. The molecule has 0 aromatic rings. The van der Waals surface area contributed by atoms with E-state index in [1.54, 1.807) is 0 Å². The SMILES string of the molecule is CCC1CCC(=O)CC1N(C)C(C)C. The van der Waals surface area contributed by atoms with Gasteiger partial charge >= 0.3 is 0 Å². The van der Waals surface area contributed by atoms with Gasteiger partial charge in [0.05, 0.1) is 0 Å². The molecular formula is C12H23NO. The zero-order chi connectivity index (χ0) is 10.7. The lowest BCUT2D eigenvalue weighted by atomic mass is 9.81. The molecule has 82 valence electrons. The first-order chi connectivity index (χ1) is 6.56. The van der Waals surface area contributed by atoms with Crippen molar-refractivity contribution < 1.29 is 4.79 Å². The van der Waals surface area contributed by atoms with Crippen molar-refractivity contribution in [2.75, 3.05) is 7.05 Å². The Balaban J connectivity index is 2.65. The van der Waals surface area contributed by atoms with Crippen LogP contribution in [-0.2, 0) is 4.79 Å². The highest BCUT2D eigenvalue weighted by molar-refractivity contribution is 5.79. The van der Waals surface area contributed by atoms with Crippen LogP contribution in [0.5, 0.6) is 0 Å². The van der Waals surface area contributed by atoms with Gasteiger partial charge in [0.15, 0.2) is 0 Å². The van der Waals surface area contributed by atoms with E-state index in [1.165, 1.54) is 6.42 Å². The maximum atomic E-state index is 11.4. The molecular weight excluding hydrogens is 174 g/mol. The van der Waals surface area contributed by atoms with Crippen LogP contribution in [0.4, 0.5) is 0 Å². The van der Waals surface area contributed by atoms with Crippen molar-refractivity contribution in [3.05, 3.63) is 0 Å². The monoisotopic (exact) mass is 197 g/mol. The number of carbonyl (C=O) groups excluding carboxylic acids is 1. The molecule has 0 bridgehead atoms. The van der Waals surface area contributed by atoms with Crippen LogP contribution in [-0.4, -0.2) is 29.8 Å². The third-order valence-electron chi connectivity index (χ3n) is 3.64. The summed E-state index contributed by atoms with van der Waals surface area (Å²) in [6, 6.07) is 1.03. The summed E-state index contributed by atoms with van der Waals surface area (Å²) in [7, 11) is 2.15. The molecule has 0 saturated heterocycles. The number of carbonyl (C=O) groups is 1. The van der Waals surface area contributed by atoms with Gasteiger partial charge in [0.2, 0.25) is 0 Å². The number of Topliss-reactive ketones (excluding diaryl/α,β-unsaturated/α-hetero) is 1. The summed E-state index contributed by atoms with van der Waals surface area (Å²) < 4.78 is 0. The van der Waals surface area contributed by atoms with Crippen LogP contribution in [0.1, 0.15) is 46.5 Å². The Morgan fingerprint density at radius 3 is 2.64 bits per heavy atom. The van der Waals surface area contributed by atoms with Crippen LogP contribution in [0.3, 0.4) is 0 Å². The molecule has 14 heavy (non-hydrogen) atoms. The summed E-state index contributed by atoms with van der Waals surface area (Å²) in [6.45, 7) is 6.64. The van der Waals surface area contributed by atoms with Crippen molar-refractivity contribution in [2.45, 2.75) is 58.5 Å². The summed E-state index contributed by atoms with van der Waals surface area (Å²) in [5, 5.41) is 0. The number of hydrogen-bond donors (Lipinski definition) is 0. The molecule has 0 aromatic heterocycles. The Morgan fingerprint density at radius 1 is 1.50 bits per heavy atom. The lowest BCUT2D eigenvalue weighted by Gasteiger charge is -2.39. The molecule has 0 N–H and O–H groups in total. The Bertz CT molecular complexity index is 198. The molecule has 1 rings (SSSR count). The van der Waals surface area contributed by atoms with E-state index in [0.717, 1.165) is 25.2 Å². The van der Waals surface area contributed by atoms with Gasteiger partial charge in [-0.2, -0.15) is 0 Å². The molecule has 1 saturated carbocycles. The molecule has 0 aromatic carbocycles. The topological polar surface area (TPSA) is 20.3 Å². The van der Waals surface area contributed by atoms with Crippen molar-refractivity contribution in [3.8, 4) is 0 Å². The highest BCUT2D eigenvalue weighted by atomic mass is 16.1. The summed E-state index contributed by atoms with van der Waals surface area (Å²) in [5.74, 6) is 1.17. The first-order valence-electron chi connectivity index (χ1n) is 5.79. The second-order valence-electron chi connectivity index (χ2n) is 4.78. The van der Waals surface area contributed by atoms with Gasteiger partial charge in [-0.25, -0.2) is 0 Å². The van der Waals surface area contributed by atoms with Crippen molar-refractivity contribution in [1.29, 1.82) is 0 Å². The molecule has 0 radical (unpaired) electrons. The zero-order valence-electron chi connectivity index (χ0n) is 9.92. The molecule has 1 aliphatic carbocycles. The third-order valence-corrected chi connectivity index (χ3v) is 3.64. The summed E-state index contributed by atoms with van der Waals surface area (Å²) in [5.41, 5.74) is 0. The lowest BCUT2D eigenvalue weighted by Crippen LogP contribution is -2.45. The fourth-order valence-electron chi connectivity index (χ4n) is 2.38. The molecule has 0 spiro atoms. The van der Waals surface area contributed by atoms with E-state index in [-0.39, 0.29) is 0 Å². The van der Waals surface area contributed by atoms with Gasteiger partial charge in [-0.3, -0.25) is 4.79 Å². The number of rotatable bonds is 3. The minimum Gasteiger partial charge on any atom is -0.300 e. The predicted molar refractivity (Wildman–Crippen MR) is 59.3 cm³/mol. The van der Waals surface area contributed by atoms with Gasteiger partial charge in [0.1, 0.15) is 5.78 Å². The molecule has 1 fully saturated rings. The Labute approximate surface area is 87.7 Å². The largest absolute Gasteiger partial charge is 0.300 e. The summed E-state index contributed by atoms with van der Waals surface area (Å²) in [4.78, 5) is 13.8. The van der Waals surface area contributed by atoms with Crippen LogP contribution in [0.25, 0.3) is 0 Å². The van der Waals surface area contributed by atoms with Gasteiger partial charge in [0.25, 0.3) is 0 Å². The van der Waals surface area contributed by atoms with Crippen molar-refractivity contribution in [1.82, 2.24) is 4.90 Å². The molecule has 2 atom stereocenters. The second kappa shape index (κ2) is 4.92. The summed E-state index contributed by atoms with van der Waals surface area (Å²) >= 11 is 0. The lowest BCUT2D eigenvalue weighted by molar-refractivity contribution is -0.123. The number of ketones is 1. The number of hydrogen-bond acceptors (Lipinski definition) is 2. The van der Waals surface area contributed by atoms with Gasteiger partial charge < -0.3 is 4.90 Å². The van der Waals surface area contributed by atoms with Crippen molar-refractivity contribution >= 4 is 5.78 Å². The van der Waals surface area contributed by atoms with Crippen molar-refractivity contribution in [3.63, 3.8) is 0 Å². The van der Waals surface area contributed by atoms with Crippen molar-refractivity contribution in [2.24, 2.45) is 5.92 Å². The van der Waals surface area contributed by atoms with E-state index in [2.05, 4.69) is 32.7 Å². The fraction of sp³-hybridized carbons (Fsp3) is 0.917. The molecule has 0 amide bonds. The second-order valence-corrected chi connectivity index (χ2v) is 4.78. The van der Waals surface area contributed by atoms with Crippen LogP contribution >= 0.6 is 0 Å². The highest BCUT2D eigenvalue weighted by Gasteiger charge is 2.31. The molecule has 0 aliphatic heterocycles. The molecule has 2 unspecified atom stereocenters. The Hall–Kier alpha value is -0.370. The number of nitrogens with zero attached hydrogens (tertiary/aromatic N) is 1. The Kier molecular flexibility index (Phi) is 4.11. The van der Waals surface area contributed by atoms with E-state index in [4.69, 9.17) is 0 Å². The highest BCUT2D eigenvalue weighted by Crippen LogP contribution is 2.29. The van der Waals surface area contributed by atoms with E-state index < -0.39 is 0 Å². The molecule has 2 heteroatoms. The van der Waals surface area contributed by atoms with Gasteiger partial charge in [-0.05, 0) is 33.2 Å². The minimum atomic E-state index is 0.451. The first kappa shape index (κ1) is 11.7. The van der Waals surface area contributed by atoms with Gasteiger partial charge in [-0.1, -0.05) is 13.3 Å². The molecule has 2 nitrogen and oxygen atoms in total. The average molecular weight is 197 g/mol. The minimum absolute atomic E-state index is 0.451. The molecule has 0 heterocycles. The van der Waals surface area contributed by atoms with E-state index in [9.17, 15) is 4.79 Å². The Morgan fingerprint density at radius 2 is 2.14 bits per heavy atom. The fourth-order valence-corrected chi connectivity index (χ4v) is 2.38. The average Bonchev–Trinajstić information content (AvgIpc) is 2.16. The zero-order valence-corrected chi connectivity index (χ0v) is 9.92. The molecule has 1 aliphatic rings. The van der Waals surface area contributed by atoms with E-state index in [0.29, 0.717) is 17.9 Å².